The Morgan fingerprint density at radius 1 is 1.30 bits per heavy atom. The molecule has 1 heterocycles. The van der Waals surface area contributed by atoms with Crippen molar-refractivity contribution in [1.82, 2.24) is 10.2 Å². The summed E-state index contributed by atoms with van der Waals surface area (Å²) in [6, 6.07) is 6.51. The van der Waals surface area contributed by atoms with Gasteiger partial charge < -0.3 is 10.2 Å². The Morgan fingerprint density at radius 2 is 2.00 bits per heavy atom. The highest BCUT2D eigenvalue weighted by atomic mass is 16.2. The minimum absolute atomic E-state index is 0.205. The quantitative estimate of drug-likeness (QED) is 0.915. The van der Waals surface area contributed by atoms with Gasteiger partial charge in [0.05, 0.1) is 0 Å². The van der Waals surface area contributed by atoms with Crippen molar-refractivity contribution in [3.8, 4) is 0 Å². The van der Waals surface area contributed by atoms with Crippen LogP contribution in [0, 0.1) is 13.8 Å². The van der Waals surface area contributed by atoms with Crippen LogP contribution in [0.3, 0.4) is 0 Å². The Labute approximate surface area is 122 Å². The summed E-state index contributed by atoms with van der Waals surface area (Å²) in [5.41, 5.74) is 3.16. The third kappa shape index (κ3) is 3.40. The van der Waals surface area contributed by atoms with Gasteiger partial charge in [-0.2, -0.15) is 0 Å². The fourth-order valence-corrected chi connectivity index (χ4v) is 3.02. The Morgan fingerprint density at radius 3 is 2.60 bits per heavy atom. The molecule has 1 aromatic rings. The summed E-state index contributed by atoms with van der Waals surface area (Å²) in [5, 5.41) is 3.37. The first kappa shape index (κ1) is 15.0. The maximum absolute atomic E-state index is 12.9. The highest BCUT2D eigenvalue weighted by Gasteiger charge is 2.26. The number of hydrogen-bond acceptors (Lipinski definition) is 2. The van der Waals surface area contributed by atoms with E-state index in [1.165, 1.54) is 5.56 Å². The first-order valence-electron chi connectivity index (χ1n) is 7.72. The Balaban J connectivity index is 2.21. The highest BCUT2D eigenvalue weighted by molar-refractivity contribution is 5.96. The fraction of sp³-hybridized carbons (Fsp3) is 0.588. The van der Waals surface area contributed by atoms with Crippen LogP contribution in [0.4, 0.5) is 0 Å². The van der Waals surface area contributed by atoms with Crippen LogP contribution in [-0.4, -0.2) is 36.5 Å². The van der Waals surface area contributed by atoms with Crippen LogP contribution in [0.5, 0.6) is 0 Å². The number of aryl methyl sites for hydroxylation is 2. The number of hydrogen-bond donors (Lipinski definition) is 1. The van der Waals surface area contributed by atoms with E-state index in [-0.39, 0.29) is 5.91 Å². The standard InChI is InChI=1S/C17H26N2O/c1-4-11-19(15-7-9-18-10-8-15)17(20)16-6-5-13(2)12-14(16)3/h5-6,12,15,18H,4,7-11H2,1-3H3. The molecule has 1 amide bonds. The third-order valence-electron chi connectivity index (χ3n) is 4.09. The third-order valence-corrected chi connectivity index (χ3v) is 4.09. The number of amides is 1. The average Bonchev–Trinajstić information content (AvgIpc) is 2.45. The molecule has 0 aromatic heterocycles. The van der Waals surface area contributed by atoms with E-state index in [0.717, 1.165) is 50.0 Å². The second-order valence-electron chi connectivity index (χ2n) is 5.80. The van der Waals surface area contributed by atoms with Crippen LogP contribution in [0.2, 0.25) is 0 Å². The Kier molecular flexibility index (Phi) is 5.18. The molecule has 0 bridgehead atoms. The van der Waals surface area contributed by atoms with Crippen molar-refractivity contribution >= 4 is 5.91 Å². The lowest BCUT2D eigenvalue weighted by atomic mass is 10.0. The van der Waals surface area contributed by atoms with E-state index >= 15 is 0 Å². The maximum atomic E-state index is 12.9. The summed E-state index contributed by atoms with van der Waals surface area (Å²) < 4.78 is 0. The first-order valence-corrected chi connectivity index (χ1v) is 7.72. The normalized spacial score (nSPS) is 16.1. The largest absolute Gasteiger partial charge is 0.336 e. The van der Waals surface area contributed by atoms with E-state index in [1.54, 1.807) is 0 Å². The molecule has 1 aromatic carbocycles. The van der Waals surface area contributed by atoms with Crippen molar-refractivity contribution in [3.63, 3.8) is 0 Å². The Bertz CT molecular complexity index is 464. The number of nitrogens with one attached hydrogen (secondary N) is 1. The molecule has 1 aliphatic rings. The highest BCUT2D eigenvalue weighted by Crippen LogP contribution is 2.19. The molecular formula is C17H26N2O. The van der Waals surface area contributed by atoms with Crippen molar-refractivity contribution in [2.24, 2.45) is 0 Å². The molecule has 0 spiro atoms. The molecule has 0 radical (unpaired) electrons. The van der Waals surface area contributed by atoms with Crippen molar-refractivity contribution in [2.45, 2.75) is 46.1 Å². The second kappa shape index (κ2) is 6.89. The number of rotatable bonds is 4. The lowest BCUT2D eigenvalue weighted by molar-refractivity contribution is 0.0642. The molecule has 1 saturated heterocycles. The number of piperidine rings is 1. The molecule has 110 valence electrons. The summed E-state index contributed by atoms with van der Waals surface area (Å²) in [7, 11) is 0. The van der Waals surface area contributed by atoms with Crippen LogP contribution in [0.25, 0.3) is 0 Å². The maximum Gasteiger partial charge on any atom is 0.254 e. The lowest BCUT2D eigenvalue weighted by Gasteiger charge is -2.35. The predicted octanol–water partition coefficient (Wildman–Crippen LogP) is 2.91. The van der Waals surface area contributed by atoms with Gasteiger partial charge in [0.2, 0.25) is 0 Å². The second-order valence-corrected chi connectivity index (χ2v) is 5.80. The van der Waals surface area contributed by atoms with E-state index in [1.807, 2.05) is 19.1 Å². The molecule has 0 atom stereocenters. The van der Waals surface area contributed by atoms with Crippen LogP contribution in [0.1, 0.15) is 47.7 Å². The minimum Gasteiger partial charge on any atom is -0.336 e. The fourth-order valence-electron chi connectivity index (χ4n) is 3.02. The number of carbonyl (C=O) groups excluding carboxylic acids is 1. The van der Waals surface area contributed by atoms with Gasteiger partial charge in [0.15, 0.2) is 0 Å². The number of carbonyl (C=O) groups is 1. The van der Waals surface area contributed by atoms with Gasteiger partial charge in [-0.1, -0.05) is 24.6 Å². The molecule has 1 fully saturated rings. The molecule has 2 rings (SSSR count). The summed E-state index contributed by atoms with van der Waals surface area (Å²) in [6.07, 6.45) is 3.15. The number of nitrogens with zero attached hydrogens (tertiary/aromatic N) is 1. The molecule has 1 aliphatic heterocycles. The van der Waals surface area contributed by atoms with Crippen molar-refractivity contribution < 1.29 is 4.79 Å². The molecular weight excluding hydrogens is 248 g/mol. The van der Waals surface area contributed by atoms with Gasteiger partial charge in [0.1, 0.15) is 0 Å². The zero-order chi connectivity index (χ0) is 14.5. The van der Waals surface area contributed by atoms with Crippen molar-refractivity contribution in [2.75, 3.05) is 19.6 Å². The van der Waals surface area contributed by atoms with Gasteiger partial charge in [-0.3, -0.25) is 4.79 Å². The van der Waals surface area contributed by atoms with E-state index in [4.69, 9.17) is 0 Å². The van der Waals surface area contributed by atoms with Gasteiger partial charge in [-0.05, 0) is 57.8 Å². The zero-order valence-corrected chi connectivity index (χ0v) is 12.9. The molecule has 0 aliphatic carbocycles. The topological polar surface area (TPSA) is 32.3 Å². The van der Waals surface area contributed by atoms with Crippen molar-refractivity contribution in [3.05, 3.63) is 34.9 Å². The predicted molar refractivity (Wildman–Crippen MR) is 83.1 cm³/mol. The zero-order valence-electron chi connectivity index (χ0n) is 12.9. The van der Waals surface area contributed by atoms with Gasteiger partial charge in [0, 0.05) is 18.2 Å². The van der Waals surface area contributed by atoms with Gasteiger partial charge in [-0.15, -0.1) is 0 Å². The molecule has 20 heavy (non-hydrogen) atoms. The van der Waals surface area contributed by atoms with E-state index in [0.29, 0.717) is 6.04 Å². The van der Waals surface area contributed by atoms with E-state index in [2.05, 4.69) is 30.1 Å². The monoisotopic (exact) mass is 274 g/mol. The van der Waals surface area contributed by atoms with Gasteiger partial charge in [0.25, 0.3) is 5.91 Å². The SMILES string of the molecule is CCCN(C(=O)c1ccc(C)cc1C)C1CCNCC1. The van der Waals surface area contributed by atoms with E-state index in [9.17, 15) is 4.79 Å². The lowest BCUT2D eigenvalue weighted by Crippen LogP contribution is -2.46. The summed E-state index contributed by atoms with van der Waals surface area (Å²) >= 11 is 0. The van der Waals surface area contributed by atoms with Gasteiger partial charge in [-0.25, -0.2) is 0 Å². The molecule has 3 heteroatoms. The van der Waals surface area contributed by atoms with Gasteiger partial charge >= 0.3 is 0 Å². The summed E-state index contributed by atoms with van der Waals surface area (Å²) in [5.74, 6) is 0.205. The summed E-state index contributed by atoms with van der Waals surface area (Å²) in [6.45, 7) is 9.14. The number of benzene rings is 1. The van der Waals surface area contributed by atoms with E-state index < -0.39 is 0 Å². The Hall–Kier alpha value is -1.35. The van der Waals surface area contributed by atoms with Crippen LogP contribution in [-0.2, 0) is 0 Å². The molecule has 0 saturated carbocycles. The first-order chi connectivity index (χ1) is 9.63. The molecule has 3 nitrogen and oxygen atoms in total. The average molecular weight is 274 g/mol. The minimum atomic E-state index is 0.205. The van der Waals surface area contributed by atoms with Crippen LogP contribution >= 0.6 is 0 Å². The molecule has 0 unspecified atom stereocenters. The van der Waals surface area contributed by atoms with Crippen LogP contribution in [0.15, 0.2) is 18.2 Å². The van der Waals surface area contributed by atoms with Crippen molar-refractivity contribution in [1.29, 1.82) is 0 Å². The summed E-state index contributed by atoms with van der Waals surface area (Å²) in [4.78, 5) is 15.0. The molecule has 1 N–H and O–H groups in total. The smallest absolute Gasteiger partial charge is 0.254 e. The van der Waals surface area contributed by atoms with Crippen LogP contribution < -0.4 is 5.32 Å².